The molecule has 2 aromatic rings. The van der Waals surface area contributed by atoms with Crippen LogP contribution in [0, 0.1) is 0 Å². The fourth-order valence-electron chi connectivity index (χ4n) is 1.77. The van der Waals surface area contributed by atoms with E-state index < -0.39 is 11.9 Å². The maximum Gasteiger partial charge on any atom is 0.337 e. The van der Waals surface area contributed by atoms with Crippen molar-refractivity contribution < 1.29 is 14.3 Å². The highest BCUT2D eigenvalue weighted by molar-refractivity contribution is 6.30. The summed E-state index contributed by atoms with van der Waals surface area (Å²) in [6.07, 6.45) is 1.63. The van der Waals surface area contributed by atoms with Gasteiger partial charge in [0.1, 0.15) is 12.4 Å². The van der Waals surface area contributed by atoms with Crippen molar-refractivity contribution in [2.75, 3.05) is 11.9 Å². The minimum atomic E-state index is -0.587. The molecule has 0 aromatic heterocycles. The smallest absolute Gasteiger partial charge is 0.337 e. The number of amides is 3. The number of urea groups is 1. The van der Waals surface area contributed by atoms with Gasteiger partial charge in [0.05, 0.1) is 0 Å². The molecule has 0 bridgehead atoms. The molecule has 2 rings (SSSR count). The summed E-state index contributed by atoms with van der Waals surface area (Å²) in [4.78, 5) is 23.7. The zero-order chi connectivity index (χ0) is 17.4. The summed E-state index contributed by atoms with van der Waals surface area (Å²) in [6, 6.07) is 12.6. The van der Waals surface area contributed by atoms with E-state index in [-0.39, 0.29) is 0 Å². The zero-order valence-corrected chi connectivity index (χ0v) is 13.5. The molecule has 124 valence electrons. The second-order valence-corrected chi connectivity index (χ2v) is 5.10. The van der Waals surface area contributed by atoms with Crippen LogP contribution in [0.15, 0.2) is 61.2 Å². The summed E-state index contributed by atoms with van der Waals surface area (Å²) in [5.41, 5.74) is 5.46. The number of benzene rings is 2. The van der Waals surface area contributed by atoms with Gasteiger partial charge in [0.15, 0.2) is 0 Å². The molecule has 6 nitrogen and oxygen atoms in total. The van der Waals surface area contributed by atoms with Crippen LogP contribution in [0.5, 0.6) is 5.75 Å². The molecule has 0 aliphatic heterocycles. The number of ether oxygens (including phenoxy) is 1. The molecule has 3 amide bonds. The molecule has 24 heavy (non-hydrogen) atoms. The highest BCUT2D eigenvalue weighted by Crippen LogP contribution is 2.14. The van der Waals surface area contributed by atoms with Crippen molar-refractivity contribution in [3.8, 4) is 5.75 Å². The number of hydrogen-bond acceptors (Lipinski definition) is 3. The van der Waals surface area contributed by atoms with E-state index in [2.05, 4.69) is 22.7 Å². The maximum absolute atomic E-state index is 11.9. The first-order chi connectivity index (χ1) is 11.6. The Hall–Kier alpha value is -2.99. The van der Waals surface area contributed by atoms with Gasteiger partial charge in [-0.1, -0.05) is 30.3 Å². The molecule has 0 aliphatic rings. The van der Waals surface area contributed by atoms with Gasteiger partial charge >= 0.3 is 6.03 Å². The van der Waals surface area contributed by atoms with Crippen molar-refractivity contribution in [2.45, 2.75) is 0 Å². The number of nitrogens with one attached hydrogen (secondary N) is 3. The van der Waals surface area contributed by atoms with Gasteiger partial charge in [0.2, 0.25) is 0 Å². The van der Waals surface area contributed by atoms with Crippen LogP contribution >= 0.6 is 11.6 Å². The van der Waals surface area contributed by atoms with Crippen molar-refractivity contribution in [1.82, 2.24) is 10.9 Å². The molecular formula is C17H16ClN3O3. The predicted octanol–water partition coefficient (Wildman–Crippen LogP) is 3.37. The summed E-state index contributed by atoms with van der Waals surface area (Å²) in [6.45, 7) is 3.94. The van der Waals surface area contributed by atoms with Crippen LogP contribution in [0.2, 0.25) is 5.02 Å². The van der Waals surface area contributed by atoms with Crippen molar-refractivity contribution in [3.63, 3.8) is 0 Å². The van der Waals surface area contributed by atoms with Gasteiger partial charge in [0.25, 0.3) is 5.91 Å². The number of anilines is 1. The lowest BCUT2D eigenvalue weighted by molar-refractivity contribution is 0.0938. The third-order valence-corrected chi connectivity index (χ3v) is 3.09. The summed E-state index contributed by atoms with van der Waals surface area (Å²) in [5.74, 6) is 0.171. The SMILES string of the molecule is C=CCOc1ccc(C(=O)NNC(=O)Nc2cccc(Cl)c2)cc1. The van der Waals surface area contributed by atoms with Crippen LogP contribution in [-0.4, -0.2) is 18.5 Å². The summed E-state index contributed by atoms with van der Waals surface area (Å²) < 4.78 is 5.32. The van der Waals surface area contributed by atoms with Crippen LogP contribution in [0.1, 0.15) is 10.4 Å². The van der Waals surface area contributed by atoms with Crippen LogP contribution in [0.25, 0.3) is 0 Å². The highest BCUT2D eigenvalue weighted by Gasteiger charge is 2.08. The lowest BCUT2D eigenvalue weighted by atomic mass is 10.2. The van der Waals surface area contributed by atoms with Gasteiger partial charge in [-0.2, -0.15) is 0 Å². The van der Waals surface area contributed by atoms with E-state index in [0.29, 0.717) is 28.6 Å². The van der Waals surface area contributed by atoms with E-state index in [4.69, 9.17) is 16.3 Å². The maximum atomic E-state index is 11.9. The topological polar surface area (TPSA) is 79.5 Å². The van der Waals surface area contributed by atoms with Gasteiger partial charge in [-0.05, 0) is 42.5 Å². The first-order valence-electron chi connectivity index (χ1n) is 7.05. The first-order valence-corrected chi connectivity index (χ1v) is 7.43. The first kappa shape index (κ1) is 17.4. The van der Waals surface area contributed by atoms with Gasteiger partial charge in [-0.3, -0.25) is 10.2 Å². The van der Waals surface area contributed by atoms with Gasteiger partial charge < -0.3 is 10.1 Å². The quantitative estimate of drug-likeness (QED) is 0.574. The Balaban J connectivity index is 1.83. The summed E-state index contributed by atoms with van der Waals surface area (Å²) in [7, 11) is 0. The largest absolute Gasteiger partial charge is 0.490 e. The molecule has 0 saturated carbocycles. The number of carbonyl (C=O) groups excluding carboxylic acids is 2. The van der Waals surface area contributed by atoms with Crippen molar-refractivity contribution >= 4 is 29.2 Å². The van der Waals surface area contributed by atoms with E-state index in [9.17, 15) is 9.59 Å². The molecule has 0 fully saturated rings. The fraction of sp³-hybridized carbons (Fsp3) is 0.0588. The summed E-state index contributed by atoms with van der Waals surface area (Å²) in [5, 5.41) is 3.04. The Morgan fingerprint density at radius 3 is 2.54 bits per heavy atom. The molecule has 0 radical (unpaired) electrons. The number of hydrogen-bond donors (Lipinski definition) is 3. The van der Waals surface area contributed by atoms with Crippen LogP contribution in [-0.2, 0) is 0 Å². The van der Waals surface area contributed by atoms with Crippen LogP contribution in [0.4, 0.5) is 10.5 Å². The Labute approximate surface area is 144 Å². The standard InChI is InChI=1S/C17H16ClN3O3/c1-2-10-24-15-8-6-12(7-9-15)16(22)20-21-17(23)19-14-5-3-4-13(18)11-14/h2-9,11H,1,10H2,(H,20,22)(H2,19,21,23). The van der Waals surface area contributed by atoms with E-state index in [1.807, 2.05) is 0 Å². The molecule has 0 saturated heterocycles. The Morgan fingerprint density at radius 1 is 1.12 bits per heavy atom. The van der Waals surface area contributed by atoms with Crippen molar-refractivity contribution in [1.29, 1.82) is 0 Å². The van der Waals surface area contributed by atoms with E-state index in [1.54, 1.807) is 54.6 Å². The van der Waals surface area contributed by atoms with Gasteiger partial charge in [-0.25, -0.2) is 10.2 Å². The minimum Gasteiger partial charge on any atom is -0.490 e. The monoisotopic (exact) mass is 345 g/mol. The van der Waals surface area contributed by atoms with E-state index in [0.717, 1.165) is 0 Å². The molecular weight excluding hydrogens is 330 g/mol. The third-order valence-electron chi connectivity index (χ3n) is 2.86. The van der Waals surface area contributed by atoms with Crippen LogP contribution in [0.3, 0.4) is 0 Å². The Kier molecular flexibility index (Phi) is 6.22. The average molecular weight is 346 g/mol. The van der Waals surface area contributed by atoms with Crippen molar-refractivity contribution in [3.05, 3.63) is 71.8 Å². The fourth-order valence-corrected chi connectivity index (χ4v) is 1.96. The Morgan fingerprint density at radius 2 is 1.88 bits per heavy atom. The number of halogens is 1. The predicted molar refractivity (Wildman–Crippen MR) is 93.2 cm³/mol. The van der Waals surface area contributed by atoms with Crippen molar-refractivity contribution in [2.24, 2.45) is 0 Å². The number of rotatable bonds is 5. The van der Waals surface area contributed by atoms with E-state index in [1.165, 1.54) is 0 Å². The molecule has 0 heterocycles. The Bertz CT molecular complexity index is 732. The molecule has 0 unspecified atom stereocenters. The lowest BCUT2D eigenvalue weighted by Crippen LogP contribution is -2.43. The molecule has 0 atom stereocenters. The van der Waals surface area contributed by atoms with Crippen LogP contribution < -0.4 is 20.9 Å². The molecule has 0 spiro atoms. The number of carbonyl (C=O) groups is 2. The normalized spacial score (nSPS) is 9.71. The molecule has 2 aromatic carbocycles. The number of hydrazine groups is 1. The average Bonchev–Trinajstić information content (AvgIpc) is 2.58. The minimum absolute atomic E-state index is 0.379. The highest BCUT2D eigenvalue weighted by atomic mass is 35.5. The van der Waals surface area contributed by atoms with Gasteiger partial charge in [-0.15, -0.1) is 0 Å². The second-order valence-electron chi connectivity index (χ2n) is 4.67. The zero-order valence-electron chi connectivity index (χ0n) is 12.7. The third kappa shape index (κ3) is 5.33. The van der Waals surface area contributed by atoms with E-state index >= 15 is 0 Å². The second kappa shape index (κ2) is 8.59. The lowest BCUT2D eigenvalue weighted by Gasteiger charge is -2.09. The molecule has 7 heteroatoms. The summed E-state index contributed by atoms with van der Waals surface area (Å²) >= 11 is 5.82. The molecule has 0 aliphatic carbocycles. The van der Waals surface area contributed by atoms with Gasteiger partial charge in [0, 0.05) is 16.3 Å². The molecule has 3 N–H and O–H groups in total.